The molecule has 0 fully saturated rings. The Morgan fingerprint density at radius 1 is 1.47 bits per heavy atom. The van der Waals surface area contributed by atoms with E-state index in [4.69, 9.17) is 5.73 Å². The van der Waals surface area contributed by atoms with Crippen molar-refractivity contribution in [2.24, 2.45) is 11.7 Å². The van der Waals surface area contributed by atoms with Crippen molar-refractivity contribution in [2.75, 3.05) is 20.1 Å². The van der Waals surface area contributed by atoms with Gasteiger partial charge in [-0.05, 0) is 37.4 Å². The molecular formula is C14H22N2S. The van der Waals surface area contributed by atoms with Gasteiger partial charge in [-0.2, -0.15) is 0 Å². The summed E-state index contributed by atoms with van der Waals surface area (Å²) in [6, 6.07) is 2.08. The summed E-state index contributed by atoms with van der Waals surface area (Å²) in [5, 5.41) is 2.10. The predicted octanol–water partition coefficient (Wildman–Crippen LogP) is 2.54. The molecular weight excluding hydrogens is 228 g/mol. The van der Waals surface area contributed by atoms with Gasteiger partial charge in [-0.3, -0.25) is 0 Å². The molecule has 0 aromatic carbocycles. The van der Waals surface area contributed by atoms with E-state index >= 15 is 0 Å². The first-order chi connectivity index (χ1) is 8.13. The first-order valence-corrected chi connectivity index (χ1v) is 6.95. The van der Waals surface area contributed by atoms with E-state index in [1.54, 1.807) is 11.3 Å². The molecule has 2 nitrogen and oxygen atoms in total. The monoisotopic (exact) mass is 250 g/mol. The topological polar surface area (TPSA) is 29.3 Å². The van der Waals surface area contributed by atoms with E-state index in [1.807, 2.05) is 0 Å². The van der Waals surface area contributed by atoms with E-state index in [9.17, 15) is 0 Å². The third kappa shape index (κ3) is 5.36. The number of hydrogen-bond acceptors (Lipinski definition) is 3. The zero-order valence-electron chi connectivity index (χ0n) is 11.0. The molecule has 0 saturated heterocycles. The second-order valence-electron chi connectivity index (χ2n) is 4.68. The van der Waals surface area contributed by atoms with Crippen molar-refractivity contribution in [3.05, 3.63) is 21.9 Å². The van der Waals surface area contributed by atoms with E-state index in [0.717, 1.165) is 24.6 Å². The number of nitrogens with zero attached hydrogens (tertiary/aromatic N) is 1. The molecule has 0 unspecified atom stereocenters. The van der Waals surface area contributed by atoms with Gasteiger partial charge in [-0.15, -0.1) is 11.3 Å². The molecule has 0 spiro atoms. The third-order valence-electron chi connectivity index (χ3n) is 2.57. The lowest BCUT2D eigenvalue weighted by molar-refractivity contribution is 0.305. The highest BCUT2D eigenvalue weighted by molar-refractivity contribution is 7.10. The van der Waals surface area contributed by atoms with Crippen LogP contribution in [0.15, 0.2) is 11.4 Å². The Morgan fingerprint density at radius 3 is 2.88 bits per heavy atom. The molecule has 0 aliphatic heterocycles. The summed E-state index contributed by atoms with van der Waals surface area (Å²) in [6.07, 6.45) is 1.24. The number of hydrogen-bond donors (Lipinski definition) is 1. The highest BCUT2D eigenvalue weighted by Crippen LogP contribution is 2.18. The van der Waals surface area contributed by atoms with Crippen LogP contribution in [0.2, 0.25) is 0 Å². The van der Waals surface area contributed by atoms with Crippen LogP contribution in [0, 0.1) is 17.8 Å². The average molecular weight is 250 g/mol. The quantitative estimate of drug-likeness (QED) is 0.814. The van der Waals surface area contributed by atoms with Crippen molar-refractivity contribution in [3.8, 4) is 11.8 Å². The molecule has 0 radical (unpaired) electrons. The van der Waals surface area contributed by atoms with Gasteiger partial charge in [0.05, 0.1) is 6.54 Å². The number of thiophene rings is 1. The fourth-order valence-corrected chi connectivity index (χ4v) is 2.43. The van der Waals surface area contributed by atoms with Crippen LogP contribution in [0.1, 0.15) is 30.7 Å². The predicted molar refractivity (Wildman–Crippen MR) is 76.0 cm³/mol. The van der Waals surface area contributed by atoms with Gasteiger partial charge < -0.3 is 10.6 Å². The van der Waals surface area contributed by atoms with Gasteiger partial charge in [-0.1, -0.05) is 25.7 Å². The van der Waals surface area contributed by atoms with Crippen LogP contribution in [0.25, 0.3) is 0 Å². The fourth-order valence-electron chi connectivity index (χ4n) is 1.52. The highest BCUT2D eigenvalue weighted by atomic mass is 32.1. The molecule has 1 aromatic heterocycles. The summed E-state index contributed by atoms with van der Waals surface area (Å²) in [5.74, 6) is 6.81. The van der Waals surface area contributed by atoms with Crippen LogP contribution in [0.3, 0.4) is 0 Å². The molecule has 3 heteroatoms. The average Bonchev–Trinajstić information content (AvgIpc) is 2.71. The van der Waals surface area contributed by atoms with Crippen molar-refractivity contribution >= 4 is 11.3 Å². The second kappa shape index (κ2) is 7.50. The van der Waals surface area contributed by atoms with Gasteiger partial charge in [0, 0.05) is 17.0 Å². The maximum Gasteiger partial charge on any atom is 0.0555 e. The minimum Gasteiger partial charge on any atom is -0.320 e. The van der Waals surface area contributed by atoms with Crippen LogP contribution in [0.5, 0.6) is 0 Å². The minimum absolute atomic E-state index is 0.429. The molecule has 0 atom stereocenters. The molecule has 17 heavy (non-hydrogen) atoms. The lowest BCUT2D eigenvalue weighted by Crippen LogP contribution is -2.20. The van der Waals surface area contributed by atoms with E-state index in [2.05, 4.69) is 49.1 Å². The van der Waals surface area contributed by atoms with Crippen LogP contribution in [0.4, 0.5) is 0 Å². The molecule has 1 aromatic rings. The molecule has 0 saturated carbocycles. The van der Waals surface area contributed by atoms with Gasteiger partial charge in [0.15, 0.2) is 0 Å². The number of nitrogens with two attached hydrogens (primary N) is 1. The number of rotatable bonds is 5. The van der Waals surface area contributed by atoms with Crippen molar-refractivity contribution in [1.29, 1.82) is 0 Å². The van der Waals surface area contributed by atoms with Crippen LogP contribution < -0.4 is 5.73 Å². The summed E-state index contributed by atoms with van der Waals surface area (Å²) in [6.45, 7) is 7.07. The summed E-state index contributed by atoms with van der Waals surface area (Å²) >= 11 is 1.78. The Balaban J connectivity index is 2.53. The summed E-state index contributed by atoms with van der Waals surface area (Å²) in [4.78, 5) is 3.71. The van der Waals surface area contributed by atoms with Gasteiger partial charge in [0.2, 0.25) is 0 Å². The lowest BCUT2D eigenvalue weighted by atomic mass is 10.1. The smallest absolute Gasteiger partial charge is 0.0555 e. The molecule has 2 N–H and O–H groups in total. The Bertz CT molecular complexity index is 384. The Labute approximate surface area is 109 Å². The molecule has 94 valence electrons. The van der Waals surface area contributed by atoms with E-state index in [-0.39, 0.29) is 0 Å². The van der Waals surface area contributed by atoms with Crippen molar-refractivity contribution < 1.29 is 0 Å². The molecule has 0 amide bonds. The van der Waals surface area contributed by atoms with E-state index < -0.39 is 0 Å². The molecule has 1 heterocycles. The van der Waals surface area contributed by atoms with Gasteiger partial charge in [0.25, 0.3) is 0 Å². The first kappa shape index (κ1) is 14.2. The zero-order chi connectivity index (χ0) is 12.7. The van der Waals surface area contributed by atoms with Crippen LogP contribution in [-0.2, 0) is 6.54 Å². The van der Waals surface area contributed by atoms with Crippen LogP contribution >= 0.6 is 11.3 Å². The van der Waals surface area contributed by atoms with Crippen molar-refractivity contribution in [2.45, 2.75) is 26.8 Å². The molecule has 1 rings (SSSR count). The third-order valence-corrected chi connectivity index (χ3v) is 3.48. The lowest BCUT2D eigenvalue weighted by Gasteiger charge is -2.17. The normalized spacial score (nSPS) is 10.7. The maximum absolute atomic E-state index is 5.40. The minimum atomic E-state index is 0.429. The standard InChI is InChI=1S/C14H22N2S/c1-12(2)6-9-16(3)11-14-13(5-4-8-15)7-10-17-14/h7,10,12H,6,8-9,11,15H2,1-3H3. The Morgan fingerprint density at radius 2 is 2.24 bits per heavy atom. The second-order valence-corrected chi connectivity index (χ2v) is 5.68. The zero-order valence-corrected chi connectivity index (χ0v) is 11.8. The van der Waals surface area contributed by atoms with Crippen LogP contribution in [-0.4, -0.2) is 25.0 Å². The first-order valence-electron chi connectivity index (χ1n) is 6.07. The molecule has 0 bridgehead atoms. The van der Waals surface area contributed by atoms with E-state index in [0.29, 0.717) is 6.54 Å². The maximum atomic E-state index is 5.40. The largest absolute Gasteiger partial charge is 0.320 e. The SMILES string of the molecule is CC(C)CCN(C)Cc1sccc1C#CCN. The van der Waals surface area contributed by atoms with Crippen molar-refractivity contribution in [1.82, 2.24) is 4.90 Å². The van der Waals surface area contributed by atoms with Gasteiger partial charge >= 0.3 is 0 Å². The van der Waals surface area contributed by atoms with Gasteiger partial charge in [-0.25, -0.2) is 0 Å². The summed E-state index contributed by atoms with van der Waals surface area (Å²) in [5.41, 5.74) is 6.53. The Hall–Kier alpha value is -0.820. The fraction of sp³-hybridized carbons (Fsp3) is 0.571. The van der Waals surface area contributed by atoms with Gasteiger partial charge in [0.1, 0.15) is 0 Å². The molecule has 0 aliphatic rings. The van der Waals surface area contributed by atoms with E-state index in [1.165, 1.54) is 11.3 Å². The summed E-state index contributed by atoms with van der Waals surface area (Å²) in [7, 11) is 2.17. The summed E-state index contributed by atoms with van der Waals surface area (Å²) < 4.78 is 0. The van der Waals surface area contributed by atoms with Crippen molar-refractivity contribution in [3.63, 3.8) is 0 Å². The highest BCUT2D eigenvalue weighted by Gasteiger charge is 2.06. The molecule has 0 aliphatic carbocycles. The Kier molecular flexibility index (Phi) is 6.28.